The minimum atomic E-state index is 0.490. The summed E-state index contributed by atoms with van der Waals surface area (Å²) < 4.78 is 7.27. The van der Waals surface area contributed by atoms with Gasteiger partial charge in [0.15, 0.2) is 4.47 Å². The van der Waals surface area contributed by atoms with Gasteiger partial charge in [0.05, 0.1) is 9.72 Å². The van der Waals surface area contributed by atoms with Gasteiger partial charge in [0.2, 0.25) is 0 Å². The zero-order valence-corrected chi connectivity index (χ0v) is 11.2. The number of nitrogens with zero attached hydrogens (tertiary/aromatic N) is 1. The standard InChI is InChI=1S/C13H5Cl2NOS/c14-7-5-9-10(12-11(7)16-13(15)18-12)6-3-1-2-4-8(6)17-9/h1-5H. The lowest BCUT2D eigenvalue weighted by molar-refractivity contribution is 0.669. The molecule has 4 rings (SSSR count). The molecule has 0 saturated carbocycles. The van der Waals surface area contributed by atoms with Gasteiger partial charge in [-0.1, -0.05) is 41.4 Å². The summed E-state index contributed by atoms with van der Waals surface area (Å²) in [6.07, 6.45) is 0. The molecular weight excluding hydrogens is 289 g/mol. The average Bonchev–Trinajstić information content (AvgIpc) is 2.88. The van der Waals surface area contributed by atoms with E-state index in [1.807, 2.05) is 24.3 Å². The summed E-state index contributed by atoms with van der Waals surface area (Å²) in [7, 11) is 0. The van der Waals surface area contributed by atoms with Crippen LogP contribution >= 0.6 is 34.5 Å². The molecule has 18 heavy (non-hydrogen) atoms. The number of rotatable bonds is 0. The van der Waals surface area contributed by atoms with Crippen molar-refractivity contribution < 1.29 is 4.42 Å². The largest absolute Gasteiger partial charge is 0.456 e. The van der Waals surface area contributed by atoms with E-state index in [0.29, 0.717) is 9.49 Å². The van der Waals surface area contributed by atoms with Crippen molar-refractivity contribution in [3.63, 3.8) is 0 Å². The van der Waals surface area contributed by atoms with Gasteiger partial charge in [0.1, 0.15) is 16.7 Å². The van der Waals surface area contributed by atoms with Crippen LogP contribution in [0.15, 0.2) is 34.7 Å². The van der Waals surface area contributed by atoms with Crippen molar-refractivity contribution in [2.24, 2.45) is 0 Å². The summed E-state index contributed by atoms with van der Waals surface area (Å²) in [5.41, 5.74) is 2.36. The molecule has 2 nitrogen and oxygen atoms in total. The molecule has 0 aliphatic carbocycles. The molecule has 88 valence electrons. The van der Waals surface area contributed by atoms with E-state index in [4.69, 9.17) is 27.6 Å². The topological polar surface area (TPSA) is 26.0 Å². The Morgan fingerprint density at radius 3 is 2.83 bits per heavy atom. The normalized spacial score (nSPS) is 11.9. The summed E-state index contributed by atoms with van der Waals surface area (Å²) in [5.74, 6) is 0. The predicted molar refractivity (Wildman–Crippen MR) is 76.9 cm³/mol. The third kappa shape index (κ3) is 1.32. The van der Waals surface area contributed by atoms with E-state index in [2.05, 4.69) is 4.98 Å². The zero-order valence-electron chi connectivity index (χ0n) is 8.91. The number of furan rings is 1. The van der Waals surface area contributed by atoms with Gasteiger partial charge in [-0.05, 0) is 6.07 Å². The van der Waals surface area contributed by atoms with Gasteiger partial charge in [-0.15, -0.1) is 11.3 Å². The van der Waals surface area contributed by atoms with Crippen LogP contribution < -0.4 is 0 Å². The minimum absolute atomic E-state index is 0.490. The van der Waals surface area contributed by atoms with Crippen molar-refractivity contribution in [2.45, 2.75) is 0 Å². The number of fused-ring (bicyclic) bond motifs is 5. The lowest BCUT2D eigenvalue weighted by Crippen LogP contribution is -1.72. The Morgan fingerprint density at radius 2 is 1.94 bits per heavy atom. The van der Waals surface area contributed by atoms with E-state index in [1.165, 1.54) is 11.3 Å². The summed E-state index contributed by atoms with van der Waals surface area (Å²) >= 11 is 13.6. The number of para-hydroxylation sites is 1. The molecule has 0 N–H and O–H groups in total. The maximum absolute atomic E-state index is 6.20. The molecule has 0 fully saturated rings. The number of hydrogen-bond acceptors (Lipinski definition) is 3. The van der Waals surface area contributed by atoms with Crippen LogP contribution in [0.2, 0.25) is 9.49 Å². The Labute approximate surface area is 116 Å². The van der Waals surface area contributed by atoms with Crippen LogP contribution in [0.4, 0.5) is 0 Å². The van der Waals surface area contributed by atoms with Crippen molar-refractivity contribution in [3.05, 3.63) is 39.8 Å². The van der Waals surface area contributed by atoms with E-state index in [1.54, 1.807) is 6.07 Å². The third-order valence-electron chi connectivity index (χ3n) is 2.93. The Hall–Kier alpha value is -1.29. The van der Waals surface area contributed by atoms with Gasteiger partial charge in [-0.2, -0.15) is 0 Å². The molecule has 0 aliphatic heterocycles. The van der Waals surface area contributed by atoms with E-state index in [0.717, 1.165) is 32.2 Å². The molecule has 0 radical (unpaired) electrons. The summed E-state index contributed by atoms with van der Waals surface area (Å²) in [6, 6.07) is 9.71. The third-order valence-corrected chi connectivity index (χ3v) is 4.40. The van der Waals surface area contributed by atoms with Gasteiger partial charge >= 0.3 is 0 Å². The van der Waals surface area contributed by atoms with Crippen molar-refractivity contribution in [1.29, 1.82) is 0 Å². The first-order valence-electron chi connectivity index (χ1n) is 5.30. The van der Waals surface area contributed by atoms with E-state index >= 15 is 0 Å². The molecule has 2 aromatic heterocycles. The van der Waals surface area contributed by atoms with Crippen LogP contribution in [0.3, 0.4) is 0 Å². The fraction of sp³-hybridized carbons (Fsp3) is 0. The van der Waals surface area contributed by atoms with Crippen LogP contribution in [-0.4, -0.2) is 4.98 Å². The number of aromatic nitrogens is 1. The number of benzene rings is 2. The van der Waals surface area contributed by atoms with Gasteiger partial charge in [-0.3, -0.25) is 0 Å². The molecule has 0 spiro atoms. The summed E-state index contributed by atoms with van der Waals surface area (Å²) in [4.78, 5) is 4.26. The SMILES string of the molecule is Clc1nc2c(Cl)cc3oc4ccccc4c3c2s1. The molecule has 0 unspecified atom stereocenters. The second-order valence-electron chi connectivity index (χ2n) is 3.97. The first-order valence-corrected chi connectivity index (χ1v) is 6.87. The molecule has 0 atom stereocenters. The van der Waals surface area contributed by atoms with Crippen molar-refractivity contribution >= 4 is 66.7 Å². The Bertz CT molecular complexity index is 909. The zero-order chi connectivity index (χ0) is 12.3. The van der Waals surface area contributed by atoms with Crippen LogP contribution in [0.5, 0.6) is 0 Å². The molecule has 0 saturated heterocycles. The van der Waals surface area contributed by atoms with E-state index in [-0.39, 0.29) is 0 Å². The Morgan fingerprint density at radius 1 is 1.11 bits per heavy atom. The lowest BCUT2D eigenvalue weighted by Gasteiger charge is -1.94. The van der Waals surface area contributed by atoms with Crippen LogP contribution in [0.1, 0.15) is 0 Å². The average molecular weight is 294 g/mol. The van der Waals surface area contributed by atoms with E-state index in [9.17, 15) is 0 Å². The number of thiazole rings is 1. The molecule has 2 heterocycles. The van der Waals surface area contributed by atoms with Gasteiger partial charge in [-0.25, -0.2) is 4.98 Å². The lowest BCUT2D eigenvalue weighted by atomic mass is 10.1. The van der Waals surface area contributed by atoms with Gasteiger partial charge in [0.25, 0.3) is 0 Å². The highest BCUT2D eigenvalue weighted by molar-refractivity contribution is 7.23. The number of halogens is 2. The first kappa shape index (κ1) is 10.6. The smallest absolute Gasteiger partial charge is 0.184 e. The summed E-state index contributed by atoms with van der Waals surface area (Å²) in [5, 5.41) is 2.67. The van der Waals surface area contributed by atoms with Crippen molar-refractivity contribution in [1.82, 2.24) is 4.98 Å². The Kier molecular flexibility index (Phi) is 2.13. The molecule has 0 aliphatic rings. The first-order chi connectivity index (χ1) is 8.74. The van der Waals surface area contributed by atoms with Gasteiger partial charge in [0, 0.05) is 16.8 Å². The molecule has 2 aromatic carbocycles. The molecule has 4 aromatic rings. The van der Waals surface area contributed by atoms with Crippen LogP contribution in [0.25, 0.3) is 32.2 Å². The monoisotopic (exact) mass is 293 g/mol. The van der Waals surface area contributed by atoms with Crippen molar-refractivity contribution in [2.75, 3.05) is 0 Å². The highest BCUT2D eigenvalue weighted by Crippen LogP contribution is 2.41. The maximum atomic E-state index is 6.20. The maximum Gasteiger partial charge on any atom is 0.184 e. The Balaban J connectivity index is 2.38. The minimum Gasteiger partial charge on any atom is -0.456 e. The number of hydrogen-bond donors (Lipinski definition) is 0. The second-order valence-corrected chi connectivity index (χ2v) is 5.96. The highest BCUT2D eigenvalue weighted by Gasteiger charge is 2.16. The summed E-state index contributed by atoms with van der Waals surface area (Å²) in [6.45, 7) is 0. The molecule has 5 heteroatoms. The van der Waals surface area contributed by atoms with Crippen molar-refractivity contribution in [3.8, 4) is 0 Å². The van der Waals surface area contributed by atoms with Crippen LogP contribution in [0, 0.1) is 0 Å². The fourth-order valence-corrected chi connectivity index (χ4v) is 3.69. The molecule has 0 amide bonds. The van der Waals surface area contributed by atoms with Gasteiger partial charge < -0.3 is 4.42 Å². The second kappa shape index (κ2) is 3.60. The predicted octanol–water partition coefficient (Wildman–Crippen LogP) is 5.50. The fourth-order valence-electron chi connectivity index (χ4n) is 2.21. The molecular formula is C13H5Cl2NOS. The molecule has 0 bridgehead atoms. The van der Waals surface area contributed by atoms with Crippen LogP contribution in [-0.2, 0) is 0 Å². The highest BCUT2D eigenvalue weighted by atomic mass is 35.5. The quantitative estimate of drug-likeness (QED) is 0.428. The van der Waals surface area contributed by atoms with E-state index < -0.39 is 0 Å².